The summed E-state index contributed by atoms with van der Waals surface area (Å²) in [7, 11) is 0. The van der Waals surface area contributed by atoms with Gasteiger partial charge in [0.2, 0.25) is 0 Å². The standard InChI is InChI=1S/C18H16ClFN2OS2/c1-12(17-5-3-9-25-17)22(11-14-4-2-8-23-14)18(24)21-13-6-7-16(20)15(19)10-13/h2-10,12H,11H2,1H3,(H,21,24)/t12-/m1/s1. The maximum absolute atomic E-state index is 13.3. The summed E-state index contributed by atoms with van der Waals surface area (Å²) < 4.78 is 18.8. The number of benzene rings is 1. The van der Waals surface area contributed by atoms with Crippen LogP contribution in [0.1, 0.15) is 23.6 Å². The van der Waals surface area contributed by atoms with Gasteiger partial charge in [-0.2, -0.15) is 0 Å². The molecule has 7 heteroatoms. The number of furan rings is 1. The van der Waals surface area contributed by atoms with Crippen LogP contribution in [0.5, 0.6) is 0 Å². The molecule has 3 rings (SSSR count). The molecular weight excluding hydrogens is 379 g/mol. The molecule has 0 radical (unpaired) electrons. The fraction of sp³-hybridized carbons (Fsp3) is 0.167. The molecule has 0 aliphatic carbocycles. The van der Waals surface area contributed by atoms with Crippen LogP contribution < -0.4 is 5.32 Å². The van der Waals surface area contributed by atoms with Crippen LogP contribution in [0.15, 0.2) is 58.5 Å². The minimum absolute atomic E-state index is 0.0525. The molecule has 1 aromatic carbocycles. The molecule has 0 bridgehead atoms. The lowest BCUT2D eigenvalue weighted by Crippen LogP contribution is -2.36. The van der Waals surface area contributed by atoms with E-state index in [0.29, 0.717) is 17.3 Å². The molecular formula is C18H16ClFN2OS2. The van der Waals surface area contributed by atoms with Crippen molar-refractivity contribution in [3.05, 3.63) is 75.6 Å². The Balaban J connectivity index is 1.82. The number of rotatable bonds is 5. The summed E-state index contributed by atoms with van der Waals surface area (Å²) in [4.78, 5) is 3.21. The van der Waals surface area contributed by atoms with Crippen LogP contribution in [-0.4, -0.2) is 10.0 Å². The summed E-state index contributed by atoms with van der Waals surface area (Å²) in [6, 6.07) is 12.3. The largest absolute Gasteiger partial charge is 0.467 e. The van der Waals surface area contributed by atoms with E-state index >= 15 is 0 Å². The molecule has 0 aliphatic rings. The normalized spacial score (nSPS) is 12.0. The predicted molar refractivity (Wildman–Crippen MR) is 105 cm³/mol. The van der Waals surface area contributed by atoms with Crippen LogP contribution in [-0.2, 0) is 6.54 Å². The predicted octanol–water partition coefficient (Wildman–Crippen LogP) is 6.09. The maximum Gasteiger partial charge on any atom is 0.174 e. The van der Waals surface area contributed by atoms with Crippen LogP contribution in [0.3, 0.4) is 0 Å². The van der Waals surface area contributed by atoms with Crippen LogP contribution in [0.2, 0.25) is 5.02 Å². The van der Waals surface area contributed by atoms with Crippen molar-refractivity contribution in [3.63, 3.8) is 0 Å². The highest BCUT2D eigenvalue weighted by Gasteiger charge is 2.21. The van der Waals surface area contributed by atoms with Crippen molar-refractivity contribution in [3.8, 4) is 0 Å². The maximum atomic E-state index is 13.3. The van der Waals surface area contributed by atoms with Crippen LogP contribution >= 0.6 is 35.2 Å². The second-order valence-corrected chi connectivity index (χ2v) is 7.23. The first-order valence-electron chi connectivity index (χ1n) is 7.63. The van der Waals surface area contributed by atoms with Gasteiger partial charge in [0.15, 0.2) is 5.11 Å². The Bertz CT molecular complexity index is 837. The van der Waals surface area contributed by atoms with Gasteiger partial charge in [-0.25, -0.2) is 4.39 Å². The second-order valence-electron chi connectivity index (χ2n) is 5.46. The number of nitrogens with zero attached hydrogens (tertiary/aromatic N) is 1. The average Bonchev–Trinajstić information content (AvgIpc) is 3.28. The number of halogens is 2. The number of hydrogen-bond donors (Lipinski definition) is 1. The van der Waals surface area contributed by atoms with Crippen LogP contribution in [0, 0.1) is 5.82 Å². The van der Waals surface area contributed by atoms with Crippen molar-refractivity contribution in [1.82, 2.24) is 4.90 Å². The highest BCUT2D eigenvalue weighted by Crippen LogP contribution is 2.28. The van der Waals surface area contributed by atoms with Crippen molar-refractivity contribution < 1.29 is 8.81 Å². The SMILES string of the molecule is C[C@H](c1cccs1)N(Cc1ccco1)C(=S)Nc1ccc(F)c(Cl)c1. The first-order chi connectivity index (χ1) is 12.0. The van der Waals surface area contributed by atoms with Gasteiger partial charge in [0.05, 0.1) is 23.9 Å². The van der Waals surface area contributed by atoms with Gasteiger partial charge in [0.1, 0.15) is 11.6 Å². The third-order valence-corrected chi connectivity index (χ3v) is 5.43. The van der Waals surface area contributed by atoms with Gasteiger partial charge in [-0.1, -0.05) is 17.7 Å². The molecule has 130 valence electrons. The van der Waals surface area contributed by atoms with E-state index in [2.05, 4.69) is 18.3 Å². The van der Waals surface area contributed by atoms with E-state index in [0.717, 1.165) is 5.76 Å². The summed E-state index contributed by atoms with van der Waals surface area (Å²) in [6.45, 7) is 2.60. The lowest BCUT2D eigenvalue weighted by atomic mass is 10.2. The second kappa shape index (κ2) is 7.99. The van der Waals surface area contributed by atoms with E-state index in [-0.39, 0.29) is 11.1 Å². The summed E-state index contributed by atoms with van der Waals surface area (Å²) in [5.74, 6) is 0.349. The lowest BCUT2D eigenvalue weighted by Gasteiger charge is -2.30. The van der Waals surface area contributed by atoms with E-state index in [9.17, 15) is 4.39 Å². The average molecular weight is 395 g/mol. The van der Waals surface area contributed by atoms with Crippen LogP contribution in [0.4, 0.5) is 10.1 Å². The molecule has 0 aliphatic heterocycles. The van der Waals surface area contributed by atoms with Gasteiger partial charge >= 0.3 is 0 Å². The minimum atomic E-state index is -0.461. The molecule has 1 N–H and O–H groups in total. The van der Waals surface area contributed by atoms with Gasteiger partial charge in [0.25, 0.3) is 0 Å². The number of thiocarbonyl (C=S) groups is 1. The number of anilines is 1. The highest BCUT2D eigenvalue weighted by molar-refractivity contribution is 7.80. The number of nitrogens with one attached hydrogen (secondary N) is 1. The fourth-order valence-corrected chi connectivity index (χ4v) is 3.72. The van der Waals surface area contributed by atoms with Crippen molar-refractivity contribution in [1.29, 1.82) is 0 Å². The van der Waals surface area contributed by atoms with Crippen molar-refractivity contribution in [2.24, 2.45) is 0 Å². The molecule has 25 heavy (non-hydrogen) atoms. The summed E-state index contributed by atoms with van der Waals surface area (Å²) in [6.07, 6.45) is 1.64. The Kier molecular flexibility index (Phi) is 5.73. The molecule has 0 amide bonds. The first-order valence-corrected chi connectivity index (χ1v) is 9.29. The van der Waals surface area contributed by atoms with E-state index in [1.165, 1.54) is 17.0 Å². The lowest BCUT2D eigenvalue weighted by molar-refractivity contribution is 0.306. The van der Waals surface area contributed by atoms with Crippen molar-refractivity contribution >= 4 is 46.0 Å². The molecule has 0 saturated heterocycles. The molecule has 0 spiro atoms. The van der Waals surface area contributed by atoms with Crippen LogP contribution in [0.25, 0.3) is 0 Å². The third kappa shape index (κ3) is 4.39. The third-order valence-electron chi connectivity index (χ3n) is 3.76. The monoisotopic (exact) mass is 394 g/mol. The Hall–Kier alpha value is -1.89. The van der Waals surface area contributed by atoms with E-state index in [4.69, 9.17) is 28.2 Å². The van der Waals surface area contributed by atoms with E-state index in [1.807, 2.05) is 28.5 Å². The molecule has 0 saturated carbocycles. The molecule has 0 fully saturated rings. The Morgan fingerprint density at radius 2 is 2.20 bits per heavy atom. The first kappa shape index (κ1) is 17.9. The zero-order chi connectivity index (χ0) is 17.8. The smallest absolute Gasteiger partial charge is 0.174 e. The van der Waals surface area contributed by atoms with Crippen molar-refractivity contribution in [2.45, 2.75) is 19.5 Å². The fourth-order valence-electron chi connectivity index (χ4n) is 2.41. The summed E-state index contributed by atoms with van der Waals surface area (Å²) in [5, 5.41) is 5.74. The topological polar surface area (TPSA) is 28.4 Å². The van der Waals surface area contributed by atoms with Gasteiger partial charge in [-0.15, -0.1) is 11.3 Å². The summed E-state index contributed by atoms with van der Waals surface area (Å²) in [5.41, 5.74) is 0.638. The highest BCUT2D eigenvalue weighted by atomic mass is 35.5. The summed E-state index contributed by atoms with van der Waals surface area (Å²) >= 11 is 13.1. The zero-order valence-electron chi connectivity index (χ0n) is 13.4. The Morgan fingerprint density at radius 1 is 1.36 bits per heavy atom. The molecule has 1 atom stereocenters. The quantitative estimate of drug-likeness (QED) is 0.530. The van der Waals surface area contributed by atoms with Gasteiger partial charge < -0.3 is 14.6 Å². The van der Waals surface area contributed by atoms with Crippen molar-refractivity contribution in [2.75, 3.05) is 5.32 Å². The molecule has 0 unspecified atom stereocenters. The Morgan fingerprint density at radius 3 is 2.84 bits per heavy atom. The molecule has 2 aromatic heterocycles. The molecule has 3 aromatic rings. The van der Waals surface area contributed by atoms with Gasteiger partial charge in [-0.3, -0.25) is 0 Å². The van der Waals surface area contributed by atoms with E-state index in [1.54, 1.807) is 23.7 Å². The van der Waals surface area contributed by atoms with E-state index < -0.39 is 5.82 Å². The van der Waals surface area contributed by atoms with Gasteiger partial charge in [-0.05, 0) is 60.9 Å². The zero-order valence-corrected chi connectivity index (χ0v) is 15.8. The minimum Gasteiger partial charge on any atom is -0.467 e. The molecule has 3 nitrogen and oxygen atoms in total. The molecule has 2 heterocycles. The Labute approximate surface area is 160 Å². The number of hydrogen-bond acceptors (Lipinski definition) is 3. The number of thiophene rings is 1. The van der Waals surface area contributed by atoms with Gasteiger partial charge in [0, 0.05) is 10.6 Å².